The summed E-state index contributed by atoms with van der Waals surface area (Å²) in [5.41, 5.74) is 0. The summed E-state index contributed by atoms with van der Waals surface area (Å²) >= 11 is 0. The Morgan fingerprint density at radius 1 is 0.371 bits per heavy atom. The Kier molecular flexibility index (Phi) is 40.3. The van der Waals surface area contributed by atoms with Crippen LogP contribution in [0.1, 0.15) is 220 Å². The lowest BCUT2D eigenvalue weighted by molar-refractivity contribution is -0.140. The quantitative estimate of drug-likeness (QED) is 0.0442. The summed E-state index contributed by atoms with van der Waals surface area (Å²) in [6.07, 6.45) is 37.2. The molecule has 0 spiro atoms. The molecular formula is C52H103N5O5. The molecule has 1 rings (SSSR count). The second kappa shape index (κ2) is 43.0. The first-order valence-corrected chi connectivity index (χ1v) is 26.8. The number of rotatable bonds is 44. The van der Waals surface area contributed by atoms with E-state index in [1.807, 2.05) is 9.80 Å². The molecule has 10 heteroatoms. The molecule has 0 unspecified atom stereocenters. The van der Waals surface area contributed by atoms with Crippen molar-refractivity contribution in [3.8, 4) is 0 Å². The number of nitrogens with zero attached hydrogens (tertiary/aromatic N) is 5. The lowest BCUT2D eigenvalue weighted by atomic mass is 10.1. The number of methoxy groups -OCH3 is 1. The zero-order valence-corrected chi connectivity index (χ0v) is 41.9. The average Bonchev–Trinajstić information content (AvgIpc) is 3.28. The van der Waals surface area contributed by atoms with Gasteiger partial charge in [-0.25, -0.2) is 4.79 Å². The molecule has 0 aromatic heterocycles. The van der Waals surface area contributed by atoms with Gasteiger partial charge in [0.2, 0.25) is 11.8 Å². The summed E-state index contributed by atoms with van der Waals surface area (Å²) in [4.78, 5) is 50.4. The van der Waals surface area contributed by atoms with Crippen LogP contribution in [0.5, 0.6) is 0 Å². The molecule has 0 N–H and O–H groups in total. The van der Waals surface area contributed by atoms with Gasteiger partial charge in [0.15, 0.2) is 0 Å². The molecular weight excluding hydrogens is 775 g/mol. The molecule has 2 amide bonds. The molecule has 1 heterocycles. The zero-order valence-electron chi connectivity index (χ0n) is 41.9. The van der Waals surface area contributed by atoms with Crippen LogP contribution in [0, 0.1) is 0 Å². The van der Waals surface area contributed by atoms with Gasteiger partial charge in [-0.1, -0.05) is 175 Å². The van der Waals surface area contributed by atoms with E-state index in [0.717, 1.165) is 64.8 Å². The summed E-state index contributed by atoms with van der Waals surface area (Å²) in [5, 5.41) is 0. The van der Waals surface area contributed by atoms with Gasteiger partial charge in [-0.3, -0.25) is 19.4 Å². The Balaban J connectivity index is 2.78. The number of ether oxygens (including phenoxy) is 2. The predicted molar refractivity (Wildman–Crippen MR) is 262 cm³/mol. The first-order valence-electron chi connectivity index (χ1n) is 26.8. The molecule has 10 nitrogen and oxygen atoms in total. The van der Waals surface area contributed by atoms with E-state index < -0.39 is 6.16 Å². The second-order valence-corrected chi connectivity index (χ2v) is 18.7. The zero-order chi connectivity index (χ0) is 45.1. The molecule has 1 fully saturated rings. The number of amides is 2. The second-order valence-electron chi connectivity index (χ2n) is 18.7. The van der Waals surface area contributed by atoms with Crippen molar-refractivity contribution in [3.05, 3.63) is 0 Å². The Morgan fingerprint density at radius 3 is 0.984 bits per heavy atom. The highest BCUT2D eigenvalue weighted by atomic mass is 16.7. The maximum absolute atomic E-state index is 13.9. The molecule has 1 aliphatic heterocycles. The number of hydrogen-bond donors (Lipinski definition) is 0. The van der Waals surface area contributed by atoms with E-state index in [1.165, 1.54) is 181 Å². The van der Waals surface area contributed by atoms with E-state index in [2.05, 4.69) is 47.1 Å². The fraction of sp³-hybridized carbons (Fsp3) is 0.942. The normalized spacial score (nSPS) is 13.2. The van der Waals surface area contributed by atoms with Gasteiger partial charge in [0, 0.05) is 39.3 Å². The standard InChI is InChI=1S/C52H103N5O5/c1-6-10-14-18-22-26-30-36-53(37-31-27-23-19-15-11-7-2)41-42-55(40-33-28-24-20-16-12-8-3)49-51(59)57-45-43-56(44-46-57)50(58)48-54(38-32-25-21-17-13-9-4)39-34-29-35-47-62-52(60)61-5/h6-49H2,1-5H3. The van der Waals surface area contributed by atoms with Crippen molar-refractivity contribution >= 4 is 18.0 Å². The van der Waals surface area contributed by atoms with Gasteiger partial charge in [0.25, 0.3) is 0 Å². The Hall–Kier alpha value is -1.91. The molecule has 1 aliphatic rings. The van der Waals surface area contributed by atoms with Crippen LogP contribution in [0.3, 0.4) is 0 Å². The van der Waals surface area contributed by atoms with Crippen LogP contribution in [0.2, 0.25) is 0 Å². The van der Waals surface area contributed by atoms with Crippen LogP contribution in [-0.4, -0.2) is 141 Å². The average molecular weight is 878 g/mol. The van der Waals surface area contributed by atoms with Crippen molar-refractivity contribution in [2.45, 2.75) is 220 Å². The van der Waals surface area contributed by atoms with Crippen LogP contribution < -0.4 is 0 Å². The third-order valence-corrected chi connectivity index (χ3v) is 13.0. The van der Waals surface area contributed by atoms with Crippen LogP contribution in [0.15, 0.2) is 0 Å². The summed E-state index contributed by atoms with van der Waals surface area (Å²) in [7, 11) is 1.33. The topological polar surface area (TPSA) is 85.9 Å². The fourth-order valence-corrected chi connectivity index (χ4v) is 8.77. The summed E-state index contributed by atoms with van der Waals surface area (Å²) in [6.45, 7) is 20.0. The van der Waals surface area contributed by atoms with E-state index in [9.17, 15) is 14.4 Å². The third-order valence-electron chi connectivity index (χ3n) is 13.0. The van der Waals surface area contributed by atoms with Gasteiger partial charge in [-0.05, 0) is 77.7 Å². The minimum Gasteiger partial charge on any atom is -0.438 e. The van der Waals surface area contributed by atoms with E-state index >= 15 is 0 Å². The molecule has 0 aromatic rings. The van der Waals surface area contributed by atoms with Gasteiger partial charge in [0.05, 0.1) is 26.8 Å². The number of carbonyl (C=O) groups is 3. The van der Waals surface area contributed by atoms with Crippen molar-refractivity contribution in [3.63, 3.8) is 0 Å². The summed E-state index contributed by atoms with van der Waals surface area (Å²) < 4.78 is 9.62. The van der Waals surface area contributed by atoms with Crippen molar-refractivity contribution < 1.29 is 23.9 Å². The predicted octanol–water partition coefficient (Wildman–Crippen LogP) is 12.1. The number of hydrogen-bond acceptors (Lipinski definition) is 8. The SMILES string of the molecule is CCCCCCCCCN(CCCCCCCCC)CCN(CCCCCCCCC)CC(=O)N1CCN(C(=O)CN(CCCCCCCC)CCCCCOC(=O)OC)CC1. The van der Waals surface area contributed by atoms with Crippen molar-refractivity contribution in [2.75, 3.05) is 98.8 Å². The third kappa shape index (κ3) is 33.6. The molecule has 0 aliphatic carbocycles. The highest BCUT2D eigenvalue weighted by Crippen LogP contribution is 2.14. The summed E-state index contributed by atoms with van der Waals surface area (Å²) in [6, 6.07) is 0. The molecule has 0 bridgehead atoms. The van der Waals surface area contributed by atoms with E-state index in [1.54, 1.807) is 0 Å². The van der Waals surface area contributed by atoms with Gasteiger partial charge >= 0.3 is 6.16 Å². The molecule has 366 valence electrons. The van der Waals surface area contributed by atoms with E-state index in [-0.39, 0.29) is 11.8 Å². The monoisotopic (exact) mass is 878 g/mol. The van der Waals surface area contributed by atoms with Crippen molar-refractivity contribution in [2.24, 2.45) is 0 Å². The fourth-order valence-electron chi connectivity index (χ4n) is 8.77. The number of piperazine rings is 1. The number of carbonyl (C=O) groups excluding carboxylic acids is 3. The van der Waals surface area contributed by atoms with Crippen LogP contribution in [-0.2, 0) is 19.1 Å². The molecule has 1 saturated heterocycles. The molecule has 0 atom stereocenters. The van der Waals surface area contributed by atoms with Crippen LogP contribution in [0.25, 0.3) is 0 Å². The Labute approximate surface area is 384 Å². The van der Waals surface area contributed by atoms with Gasteiger partial charge in [-0.2, -0.15) is 0 Å². The largest absolute Gasteiger partial charge is 0.507 e. The minimum atomic E-state index is -0.632. The van der Waals surface area contributed by atoms with Gasteiger partial charge in [-0.15, -0.1) is 0 Å². The summed E-state index contributed by atoms with van der Waals surface area (Å²) in [5.74, 6) is 0.409. The highest BCUT2D eigenvalue weighted by Gasteiger charge is 2.26. The molecule has 0 aromatic carbocycles. The van der Waals surface area contributed by atoms with Crippen LogP contribution in [0.4, 0.5) is 4.79 Å². The highest BCUT2D eigenvalue weighted by molar-refractivity contribution is 5.80. The van der Waals surface area contributed by atoms with Crippen molar-refractivity contribution in [1.29, 1.82) is 0 Å². The maximum Gasteiger partial charge on any atom is 0.507 e. The minimum absolute atomic E-state index is 0.180. The van der Waals surface area contributed by atoms with Gasteiger partial charge < -0.3 is 24.2 Å². The van der Waals surface area contributed by atoms with Crippen molar-refractivity contribution in [1.82, 2.24) is 24.5 Å². The molecule has 0 saturated carbocycles. The van der Waals surface area contributed by atoms with E-state index in [0.29, 0.717) is 45.9 Å². The lowest BCUT2D eigenvalue weighted by Crippen LogP contribution is -2.54. The number of unbranched alkanes of at least 4 members (excludes halogenated alkanes) is 25. The first-order chi connectivity index (χ1) is 30.4. The molecule has 0 radical (unpaired) electrons. The van der Waals surface area contributed by atoms with E-state index in [4.69, 9.17) is 4.74 Å². The molecule has 62 heavy (non-hydrogen) atoms. The smallest absolute Gasteiger partial charge is 0.438 e. The Morgan fingerprint density at radius 2 is 0.645 bits per heavy atom. The first kappa shape index (κ1) is 58.1. The Bertz CT molecular complexity index is 1010. The van der Waals surface area contributed by atoms with Crippen LogP contribution >= 0.6 is 0 Å². The maximum atomic E-state index is 13.9. The lowest BCUT2D eigenvalue weighted by Gasteiger charge is -2.37. The van der Waals surface area contributed by atoms with Gasteiger partial charge in [0.1, 0.15) is 0 Å².